The number of hydrogen-bond donors (Lipinski definition) is 1. The van der Waals surface area contributed by atoms with Crippen LogP contribution in [0.1, 0.15) is 49.2 Å². The quantitative estimate of drug-likeness (QED) is 0.296. The molecule has 7 nitrogen and oxygen atoms in total. The van der Waals surface area contributed by atoms with Gasteiger partial charge in [-0.3, -0.25) is 4.79 Å². The molecule has 0 unspecified atom stereocenters. The maximum absolute atomic E-state index is 12.8. The van der Waals surface area contributed by atoms with Crippen molar-refractivity contribution in [1.29, 1.82) is 0 Å². The number of pyridine rings is 1. The smallest absolute Gasteiger partial charge is 0.343 e. The molecule has 2 aromatic heterocycles. The molecule has 0 aliphatic carbocycles. The third-order valence-corrected chi connectivity index (χ3v) is 5.51. The number of para-hydroxylation sites is 1. The van der Waals surface area contributed by atoms with Crippen LogP contribution < -0.4 is 5.32 Å². The van der Waals surface area contributed by atoms with Gasteiger partial charge in [0.05, 0.1) is 18.3 Å². The van der Waals surface area contributed by atoms with Gasteiger partial charge < -0.3 is 10.1 Å². The van der Waals surface area contributed by atoms with Gasteiger partial charge in [0.25, 0.3) is 0 Å². The van der Waals surface area contributed by atoms with E-state index < -0.39 is 11.9 Å². The molecule has 178 valence electrons. The first-order chi connectivity index (χ1) is 16.8. The van der Waals surface area contributed by atoms with Gasteiger partial charge in [0.2, 0.25) is 5.91 Å². The fourth-order valence-electron chi connectivity index (χ4n) is 3.60. The average molecular weight is 469 g/mol. The lowest BCUT2D eigenvalue weighted by Crippen LogP contribution is -2.16. The molecule has 2 heterocycles. The minimum absolute atomic E-state index is 0.0539. The van der Waals surface area contributed by atoms with Gasteiger partial charge in [-0.2, -0.15) is 9.78 Å². The number of rotatable bonds is 6. The summed E-state index contributed by atoms with van der Waals surface area (Å²) in [7, 11) is 0. The van der Waals surface area contributed by atoms with E-state index in [1.54, 1.807) is 19.1 Å². The number of aromatic nitrogens is 3. The number of ether oxygens (including phenoxy) is 1. The van der Waals surface area contributed by atoms with Crippen LogP contribution in [-0.2, 0) is 14.9 Å². The molecular formula is C28H28N4O3. The highest BCUT2D eigenvalue weighted by Gasteiger charge is 2.21. The molecule has 4 rings (SSSR count). The number of fused-ring (bicyclic) bond motifs is 1. The number of benzene rings is 2. The van der Waals surface area contributed by atoms with E-state index in [0.717, 1.165) is 16.5 Å². The zero-order valence-corrected chi connectivity index (χ0v) is 20.3. The molecule has 35 heavy (non-hydrogen) atoms. The van der Waals surface area contributed by atoms with Crippen LogP contribution in [0.4, 0.5) is 5.82 Å². The Balaban J connectivity index is 1.63. The third-order valence-electron chi connectivity index (χ3n) is 5.51. The van der Waals surface area contributed by atoms with E-state index in [-0.39, 0.29) is 23.4 Å². The van der Waals surface area contributed by atoms with Crippen LogP contribution >= 0.6 is 0 Å². The fourth-order valence-corrected chi connectivity index (χ4v) is 3.60. The number of carbonyl (C=O) groups is 2. The van der Waals surface area contributed by atoms with E-state index in [9.17, 15) is 9.59 Å². The second-order valence-corrected chi connectivity index (χ2v) is 9.10. The standard InChI is InChI=1S/C28H28N4O3/c1-5-35-27(34)22-18-29-32(24-16-13-20-8-6-7-9-23(20)30-24)26(22)31-25(33)17-12-19-10-14-21(15-11-19)28(2,3)4/h6-18H,5H2,1-4H3,(H,31,33)/b17-12+. The molecule has 7 heteroatoms. The molecule has 0 saturated carbocycles. The molecule has 0 bridgehead atoms. The van der Waals surface area contributed by atoms with Gasteiger partial charge in [-0.15, -0.1) is 0 Å². The average Bonchev–Trinajstić information content (AvgIpc) is 3.25. The number of esters is 1. The van der Waals surface area contributed by atoms with E-state index in [1.165, 1.54) is 22.5 Å². The predicted octanol–water partition coefficient (Wildman–Crippen LogP) is 5.55. The van der Waals surface area contributed by atoms with Crippen molar-refractivity contribution in [2.24, 2.45) is 0 Å². The van der Waals surface area contributed by atoms with Crippen molar-refractivity contribution in [2.75, 3.05) is 11.9 Å². The lowest BCUT2D eigenvalue weighted by Gasteiger charge is -2.18. The number of anilines is 1. The van der Waals surface area contributed by atoms with Crippen molar-refractivity contribution in [3.63, 3.8) is 0 Å². The topological polar surface area (TPSA) is 86.1 Å². The normalized spacial score (nSPS) is 11.7. The van der Waals surface area contributed by atoms with Crippen LogP contribution in [0.2, 0.25) is 0 Å². The number of amides is 1. The SMILES string of the molecule is CCOC(=O)c1cnn(-c2ccc3ccccc3n2)c1NC(=O)/C=C/c1ccc(C(C)(C)C)cc1. The molecule has 2 aromatic carbocycles. The predicted molar refractivity (Wildman–Crippen MR) is 138 cm³/mol. The Bertz CT molecular complexity index is 1400. The first-order valence-corrected chi connectivity index (χ1v) is 11.5. The Morgan fingerprint density at radius 3 is 2.49 bits per heavy atom. The highest BCUT2D eigenvalue weighted by atomic mass is 16.5. The highest BCUT2D eigenvalue weighted by molar-refractivity contribution is 6.05. The number of nitrogens with one attached hydrogen (secondary N) is 1. The fraction of sp³-hybridized carbons (Fsp3) is 0.214. The molecule has 0 aliphatic rings. The van der Waals surface area contributed by atoms with Crippen molar-refractivity contribution in [3.8, 4) is 5.82 Å². The van der Waals surface area contributed by atoms with Gasteiger partial charge in [0.15, 0.2) is 11.6 Å². The van der Waals surface area contributed by atoms with Crippen LogP contribution in [0, 0.1) is 0 Å². The minimum Gasteiger partial charge on any atom is -0.462 e. The summed E-state index contributed by atoms with van der Waals surface area (Å²) in [6.07, 6.45) is 4.52. The third kappa shape index (κ3) is 5.46. The van der Waals surface area contributed by atoms with E-state index in [1.807, 2.05) is 42.5 Å². The van der Waals surface area contributed by atoms with Crippen LogP contribution in [0.5, 0.6) is 0 Å². The van der Waals surface area contributed by atoms with Crippen molar-refractivity contribution >= 4 is 34.7 Å². The largest absolute Gasteiger partial charge is 0.462 e. The molecule has 0 saturated heterocycles. The maximum Gasteiger partial charge on any atom is 0.343 e. The summed E-state index contributed by atoms with van der Waals surface area (Å²) < 4.78 is 6.59. The van der Waals surface area contributed by atoms with Crippen LogP contribution in [0.3, 0.4) is 0 Å². The van der Waals surface area contributed by atoms with E-state index in [4.69, 9.17) is 4.74 Å². The molecule has 0 radical (unpaired) electrons. The summed E-state index contributed by atoms with van der Waals surface area (Å²) in [6.45, 7) is 8.38. The summed E-state index contributed by atoms with van der Waals surface area (Å²) in [5.74, 6) is -0.310. The molecule has 0 aliphatic heterocycles. The summed E-state index contributed by atoms with van der Waals surface area (Å²) in [4.78, 5) is 30.0. The molecule has 4 aromatic rings. The Kier molecular flexibility index (Phi) is 6.78. The Hall–Kier alpha value is -4.26. The molecule has 1 N–H and O–H groups in total. The second kappa shape index (κ2) is 9.93. The van der Waals surface area contributed by atoms with Gasteiger partial charge in [-0.05, 0) is 47.7 Å². The zero-order valence-electron chi connectivity index (χ0n) is 20.3. The molecule has 0 fully saturated rings. The molecular weight excluding hydrogens is 440 g/mol. The first kappa shape index (κ1) is 23.9. The van der Waals surface area contributed by atoms with Crippen molar-refractivity contribution in [1.82, 2.24) is 14.8 Å². The molecule has 0 spiro atoms. The lowest BCUT2D eigenvalue weighted by atomic mass is 9.87. The Morgan fingerprint density at radius 1 is 1.03 bits per heavy atom. The summed E-state index contributed by atoms with van der Waals surface area (Å²) in [5.41, 5.74) is 3.08. The highest BCUT2D eigenvalue weighted by Crippen LogP contribution is 2.24. The Labute approximate surface area is 204 Å². The zero-order chi connectivity index (χ0) is 25.0. The van der Waals surface area contributed by atoms with Crippen molar-refractivity contribution < 1.29 is 14.3 Å². The van der Waals surface area contributed by atoms with Gasteiger partial charge >= 0.3 is 5.97 Å². The van der Waals surface area contributed by atoms with Gasteiger partial charge in [-0.25, -0.2) is 9.78 Å². The minimum atomic E-state index is -0.573. The van der Waals surface area contributed by atoms with Crippen LogP contribution in [0.25, 0.3) is 22.8 Å². The van der Waals surface area contributed by atoms with Gasteiger partial charge in [0, 0.05) is 11.5 Å². The van der Waals surface area contributed by atoms with E-state index in [0.29, 0.717) is 5.82 Å². The van der Waals surface area contributed by atoms with Crippen molar-refractivity contribution in [2.45, 2.75) is 33.1 Å². The van der Waals surface area contributed by atoms with Crippen LogP contribution in [-0.4, -0.2) is 33.2 Å². The molecule has 1 amide bonds. The van der Waals surface area contributed by atoms with E-state index in [2.05, 4.69) is 48.3 Å². The maximum atomic E-state index is 12.8. The second-order valence-electron chi connectivity index (χ2n) is 9.10. The molecule has 0 atom stereocenters. The summed E-state index contributed by atoms with van der Waals surface area (Å²) in [6, 6.07) is 19.4. The number of carbonyl (C=O) groups excluding carboxylic acids is 2. The number of hydrogen-bond acceptors (Lipinski definition) is 5. The van der Waals surface area contributed by atoms with Gasteiger partial charge in [-0.1, -0.05) is 63.2 Å². The summed E-state index contributed by atoms with van der Waals surface area (Å²) in [5, 5.41) is 8.07. The summed E-state index contributed by atoms with van der Waals surface area (Å²) >= 11 is 0. The van der Waals surface area contributed by atoms with E-state index >= 15 is 0 Å². The van der Waals surface area contributed by atoms with Crippen molar-refractivity contribution in [3.05, 3.63) is 89.6 Å². The lowest BCUT2D eigenvalue weighted by molar-refractivity contribution is -0.111. The first-order valence-electron chi connectivity index (χ1n) is 11.5. The monoisotopic (exact) mass is 468 g/mol. The Morgan fingerprint density at radius 2 is 1.77 bits per heavy atom. The van der Waals surface area contributed by atoms with Gasteiger partial charge in [0.1, 0.15) is 5.56 Å². The van der Waals surface area contributed by atoms with Crippen LogP contribution in [0.15, 0.2) is 72.9 Å². The number of nitrogens with zero attached hydrogens (tertiary/aromatic N) is 3.